The zero-order valence-electron chi connectivity index (χ0n) is 15.0. The zero-order valence-corrected chi connectivity index (χ0v) is 15.8. The van der Waals surface area contributed by atoms with E-state index in [1.807, 2.05) is 35.7 Å². The normalized spacial score (nSPS) is 10.7. The molecule has 6 nitrogen and oxygen atoms in total. The van der Waals surface area contributed by atoms with Crippen LogP contribution in [0.3, 0.4) is 0 Å². The van der Waals surface area contributed by atoms with Crippen molar-refractivity contribution in [1.29, 1.82) is 0 Å². The van der Waals surface area contributed by atoms with Crippen molar-refractivity contribution >= 4 is 23.5 Å². The summed E-state index contributed by atoms with van der Waals surface area (Å²) in [5.74, 6) is 1.08. The number of nitrogens with zero attached hydrogens (tertiary/aromatic N) is 2. The lowest BCUT2D eigenvalue weighted by Gasteiger charge is -2.05. The van der Waals surface area contributed by atoms with E-state index >= 15 is 0 Å². The first-order chi connectivity index (χ1) is 13.2. The van der Waals surface area contributed by atoms with E-state index in [-0.39, 0.29) is 12.3 Å². The van der Waals surface area contributed by atoms with Gasteiger partial charge in [0, 0.05) is 22.6 Å². The Balaban J connectivity index is 1.59. The maximum atomic E-state index is 12.1. The van der Waals surface area contributed by atoms with Crippen LogP contribution in [0.15, 0.2) is 59.0 Å². The fourth-order valence-electron chi connectivity index (χ4n) is 2.39. The predicted molar refractivity (Wildman–Crippen MR) is 107 cm³/mol. The number of hydrazone groups is 1. The number of benzene rings is 2. The van der Waals surface area contributed by atoms with E-state index < -0.39 is 0 Å². The third-order valence-corrected chi connectivity index (χ3v) is 4.56. The Hall–Kier alpha value is -3.19. The average Bonchev–Trinajstić information content (AvgIpc) is 3.16. The first-order valence-corrected chi connectivity index (χ1v) is 9.10. The van der Waals surface area contributed by atoms with Crippen LogP contribution in [0.1, 0.15) is 10.6 Å². The van der Waals surface area contributed by atoms with Crippen LogP contribution in [-0.4, -0.2) is 31.3 Å². The summed E-state index contributed by atoms with van der Waals surface area (Å²) in [6.45, 7) is 0. The molecule has 1 heterocycles. The number of ether oxygens (including phenoxy) is 2. The number of aromatic nitrogens is 1. The van der Waals surface area contributed by atoms with Crippen LogP contribution in [-0.2, 0) is 11.2 Å². The molecule has 138 valence electrons. The Morgan fingerprint density at radius 2 is 1.85 bits per heavy atom. The number of nitrogens with one attached hydrogen (secondary N) is 1. The van der Waals surface area contributed by atoms with Gasteiger partial charge in [0.25, 0.3) is 0 Å². The van der Waals surface area contributed by atoms with Gasteiger partial charge in [-0.05, 0) is 12.1 Å². The molecule has 3 rings (SSSR count). The SMILES string of the molecule is COc1cc(/C=N\NC(=O)Cc2nc(-c3ccccc3)cs2)cc(OC)c1. The van der Waals surface area contributed by atoms with Crippen molar-refractivity contribution in [2.75, 3.05) is 14.2 Å². The highest BCUT2D eigenvalue weighted by molar-refractivity contribution is 7.10. The highest BCUT2D eigenvalue weighted by atomic mass is 32.1. The Morgan fingerprint density at radius 1 is 1.15 bits per heavy atom. The van der Waals surface area contributed by atoms with E-state index in [9.17, 15) is 4.79 Å². The molecule has 7 heteroatoms. The van der Waals surface area contributed by atoms with Gasteiger partial charge in [-0.1, -0.05) is 30.3 Å². The van der Waals surface area contributed by atoms with Crippen LogP contribution >= 0.6 is 11.3 Å². The fraction of sp³-hybridized carbons (Fsp3) is 0.150. The fourth-order valence-corrected chi connectivity index (χ4v) is 3.20. The number of methoxy groups -OCH3 is 2. The average molecular weight is 381 g/mol. The highest BCUT2D eigenvalue weighted by Gasteiger charge is 2.08. The van der Waals surface area contributed by atoms with Gasteiger partial charge in [-0.3, -0.25) is 4.79 Å². The summed E-state index contributed by atoms with van der Waals surface area (Å²) in [7, 11) is 3.16. The molecular weight excluding hydrogens is 362 g/mol. The quantitative estimate of drug-likeness (QED) is 0.502. The molecule has 3 aromatic rings. The number of amides is 1. The Labute approximate surface area is 161 Å². The summed E-state index contributed by atoms with van der Waals surface area (Å²) in [6.07, 6.45) is 1.72. The van der Waals surface area contributed by atoms with Gasteiger partial charge in [0.2, 0.25) is 5.91 Å². The van der Waals surface area contributed by atoms with Crippen molar-refractivity contribution in [1.82, 2.24) is 10.4 Å². The number of hydrogen-bond donors (Lipinski definition) is 1. The maximum Gasteiger partial charge on any atom is 0.246 e. The number of hydrogen-bond acceptors (Lipinski definition) is 6. The first kappa shape index (κ1) is 18.6. The van der Waals surface area contributed by atoms with Crippen molar-refractivity contribution in [3.05, 3.63) is 64.5 Å². The van der Waals surface area contributed by atoms with Gasteiger partial charge >= 0.3 is 0 Å². The molecule has 1 aromatic heterocycles. The Kier molecular flexibility index (Phi) is 6.17. The molecular formula is C20H19N3O3S. The smallest absolute Gasteiger partial charge is 0.246 e. The van der Waals surface area contributed by atoms with Crippen molar-refractivity contribution in [3.63, 3.8) is 0 Å². The molecule has 1 N–H and O–H groups in total. The van der Waals surface area contributed by atoms with Crippen LogP contribution in [0.4, 0.5) is 0 Å². The molecule has 2 aromatic carbocycles. The van der Waals surface area contributed by atoms with Crippen molar-refractivity contribution in [3.8, 4) is 22.8 Å². The van der Waals surface area contributed by atoms with Crippen molar-refractivity contribution in [2.24, 2.45) is 5.10 Å². The zero-order chi connectivity index (χ0) is 19.1. The molecule has 0 unspecified atom stereocenters. The summed E-state index contributed by atoms with van der Waals surface area (Å²) < 4.78 is 10.4. The van der Waals surface area contributed by atoms with Gasteiger partial charge in [-0.25, -0.2) is 10.4 Å². The molecule has 0 fully saturated rings. The topological polar surface area (TPSA) is 72.8 Å². The van der Waals surface area contributed by atoms with Crippen LogP contribution < -0.4 is 14.9 Å². The lowest BCUT2D eigenvalue weighted by Crippen LogP contribution is -2.19. The standard InChI is InChI=1S/C20H19N3O3S/c1-25-16-8-14(9-17(10-16)26-2)12-21-23-19(24)11-20-22-18(13-27-20)15-6-4-3-5-7-15/h3-10,12-13H,11H2,1-2H3,(H,23,24)/b21-12-. The minimum atomic E-state index is -0.227. The molecule has 0 bridgehead atoms. The third kappa shape index (κ3) is 5.15. The predicted octanol–water partition coefficient (Wildman–Crippen LogP) is 3.52. The van der Waals surface area contributed by atoms with Gasteiger partial charge in [0.05, 0.1) is 32.5 Å². The largest absolute Gasteiger partial charge is 0.497 e. The van der Waals surface area contributed by atoms with Gasteiger partial charge < -0.3 is 9.47 Å². The van der Waals surface area contributed by atoms with Gasteiger partial charge in [-0.2, -0.15) is 5.10 Å². The molecule has 0 atom stereocenters. The summed E-state index contributed by atoms with van der Waals surface area (Å²) >= 11 is 1.46. The van der Waals surface area contributed by atoms with Gasteiger partial charge in [0.1, 0.15) is 16.5 Å². The molecule has 0 radical (unpaired) electrons. The molecule has 0 aliphatic rings. The molecule has 0 saturated carbocycles. The van der Waals surface area contributed by atoms with Crippen LogP contribution in [0, 0.1) is 0 Å². The Morgan fingerprint density at radius 3 is 2.52 bits per heavy atom. The second-order valence-electron chi connectivity index (χ2n) is 5.61. The molecule has 27 heavy (non-hydrogen) atoms. The van der Waals surface area contributed by atoms with E-state index in [0.717, 1.165) is 21.8 Å². The van der Waals surface area contributed by atoms with Crippen molar-refractivity contribution < 1.29 is 14.3 Å². The molecule has 0 saturated heterocycles. The highest BCUT2D eigenvalue weighted by Crippen LogP contribution is 2.22. The number of carbonyl (C=O) groups excluding carboxylic acids is 1. The van der Waals surface area contributed by atoms with Crippen LogP contribution in [0.2, 0.25) is 0 Å². The summed E-state index contributed by atoms with van der Waals surface area (Å²) in [4.78, 5) is 16.6. The van der Waals surface area contributed by atoms with Gasteiger partial charge in [-0.15, -0.1) is 11.3 Å². The van der Waals surface area contributed by atoms with E-state index in [4.69, 9.17) is 9.47 Å². The minimum absolute atomic E-state index is 0.177. The van der Waals surface area contributed by atoms with E-state index in [1.54, 1.807) is 38.6 Å². The monoisotopic (exact) mass is 381 g/mol. The van der Waals surface area contributed by atoms with Crippen LogP contribution in [0.25, 0.3) is 11.3 Å². The summed E-state index contributed by atoms with van der Waals surface area (Å²) in [6, 6.07) is 15.2. The van der Waals surface area contributed by atoms with E-state index in [2.05, 4.69) is 15.5 Å². The summed E-state index contributed by atoms with van der Waals surface area (Å²) in [5.41, 5.74) is 5.18. The minimum Gasteiger partial charge on any atom is -0.497 e. The summed E-state index contributed by atoms with van der Waals surface area (Å²) in [5, 5.41) is 6.68. The number of carbonyl (C=O) groups is 1. The third-order valence-electron chi connectivity index (χ3n) is 3.71. The molecule has 0 aliphatic carbocycles. The second kappa shape index (κ2) is 8.95. The molecule has 1 amide bonds. The second-order valence-corrected chi connectivity index (χ2v) is 6.55. The van der Waals surface area contributed by atoms with E-state index in [1.165, 1.54) is 11.3 Å². The van der Waals surface area contributed by atoms with Gasteiger partial charge in [0.15, 0.2) is 0 Å². The number of rotatable bonds is 7. The van der Waals surface area contributed by atoms with Crippen molar-refractivity contribution in [2.45, 2.75) is 6.42 Å². The van der Waals surface area contributed by atoms with Crippen LogP contribution in [0.5, 0.6) is 11.5 Å². The lowest BCUT2D eigenvalue weighted by molar-refractivity contribution is -0.120. The number of thiazole rings is 1. The maximum absolute atomic E-state index is 12.1. The lowest BCUT2D eigenvalue weighted by atomic mass is 10.2. The Bertz CT molecular complexity index is 916. The molecule has 0 spiro atoms. The molecule has 0 aliphatic heterocycles. The van der Waals surface area contributed by atoms with E-state index in [0.29, 0.717) is 11.5 Å². The first-order valence-electron chi connectivity index (χ1n) is 8.22.